The number of carboxylic acid groups (broad SMARTS) is 1. The molecule has 1 aromatic carbocycles. The highest BCUT2D eigenvalue weighted by atomic mass is 35.5. The number of hydrogen-bond acceptors (Lipinski definition) is 5. The Morgan fingerprint density at radius 1 is 1.40 bits per heavy atom. The summed E-state index contributed by atoms with van der Waals surface area (Å²) in [4.78, 5) is 21.7. The normalized spacial score (nSPS) is 11.4. The first-order chi connectivity index (χ1) is 9.20. The fraction of sp³-hybridized carbons (Fsp3) is 0.273. The van der Waals surface area contributed by atoms with Gasteiger partial charge in [0, 0.05) is 7.05 Å². The number of aliphatic carboxylic acids is 1. The van der Waals surface area contributed by atoms with E-state index in [0.29, 0.717) is 4.31 Å². The molecule has 0 fully saturated rings. The Kier molecular flexibility index (Phi) is 5.09. The van der Waals surface area contributed by atoms with E-state index in [9.17, 15) is 18.0 Å². The number of likely N-dealkylation sites (N-methyl/N-ethyl adjacent to an activating group) is 1. The monoisotopic (exact) mass is 321 g/mol. The molecule has 0 radical (unpaired) electrons. The summed E-state index contributed by atoms with van der Waals surface area (Å²) in [6.07, 6.45) is 0. The van der Waals surface area contributed by atoms with E-state index in [0.717, 1.165) is 19.2 Å². The summed E-state index contributed by atoms with van der Waals surface area (Å²) in [6.45, 7) is -0.682. The fourth-order valence-corrected chi connectivity index (χ4v) is 2.86. The van der Waals surface area contributed by atoms with Crippen LogP contribution in [0.2, 0.25) is 5.02 Å². The lowest BCUT2D eigenvalue weighted by atomic mass is 10.2. The van der Waals surface area contributed by atoms with Gasteiger partial charge in [-0.05, 0) is 18.2 Å². The van der Waals surface area contributed by atoms with Gasteiger partial charge in [0.2, 0.25) is 10.0 Å². The Morgan fingerprint density at radius 2 is 2.00 bits per heavy atom. The van der Waals surface area contributed by atoms with Crippen LogP contribution < -0.4 is 0 Å². The number of hydrogen-bond donors (Lipinski definition) is 1. The molecule has 0 saturated heterocycles. The summed E-state index contributed by atoms with van der Waals surface area (Å²) < 4.78 is 29.3. The number of halogens is 1. The zero-order valence-electron chi connectivity index (χ0n) is 10.7. The number of carboxylic acids is 1. The summed E-state index contributed by atoms with van der Waals surface area (Å²) in [5.41, 5.74) is 0.0222. The second kappa shape index (κ2) is 6.21. The number of ether oxygens (including phenoxy) is 1. The predicted octanol–water partition coefficient (Wildman–Crippen LogP) is 0.832. The van der Waals surface area contributed by atoms with Crippen molar-refractivity contribution in [2.45, 2.75) is 4.90 Å². The van der Waals surface area contributed by atoms with Gasteiger partial charge >= 0.3 is 11.9 Å². The zero-order chi connectivity index (χ0) is 15.5. The minimum absolute atomic E-state index is 0.0222. The summed E-state index contributed by atoms with van der Waals surface area (Å²) in [6, 6.07) is 3.43. The first-order valence-electron chi connectivity index (χ1n) is 5.26. The molecule has 110 valence electrons. The van der Waals surface area contributed by atoms with E-state index in [1.165, 1.54) is 13.2 Å². The van der Waals surface area contributed by atoms with Crippen LogP contribution in [0.5, 0.6) is 0 Å². The minimum atomic E-state index is -3.99. The smallest absolute Gasteiger partial charge is 0.339 e. The Balaban J connectivity index is 3.18. The molecule has 0 atom stereocenters. The predicted molar refractivity (Wildman–Crippen MR) is 70.2 cm³/mol. The Bertz CT molecular complexity index is 642. The van der Waals surface area contributed by atoms with Crippen molar-refractivity contribution in [3.05, 3.63) is 28.8 Å². The number of esters is 1. The fourth-order valence-electron chi connectivity index (χ4n) is 1.39. The van der Waals surface area contributed by atoms with Crippen LogP contribution in [-0.2, 0) is 19.6 Å². The van der Waals surface area contributed by atoms with E-state index in [1.807, 2.05) is 0 Å². The molecular weight excluding hydrogens is 310 g/mol. The van der Waals surface area contributed by atoms with Crippen molar-refractivity contribution >= 4 is 33.6 Å². The third kappa shape index (κ3) is 3.47. The summed E-state index contributed by atoms with van der Waals surface area (Å²) in [5, 5.41) is 8.51. The van der Waals surface area contributed by atoms with Crippen LogP contribution in [0, 0.1) is 0 Å². The van der Waals surface area contributed by atoms with E-state index in [1.54, 1.807) is 0 Å². The molecule has 1 N–H and O–H groups in total. The lowest BCUT2D eigenvalue weighted by Gasteiger charge is -2.15. The maximum atomic E-state index is 12.1. The van der Waals surface area contributed by atoms with Gasteiger partial charge < -0.3 is 9.84 Å². The van der Waals surface area contributed by atoms with Crippen molar-refractivity contribution in [3.8, 4) is 0 Å². The van der Waals surface area contributed by atoms with Gasteiger partial charge in [0.25, 0.3) is 0 Å². The van der Waals surface area contributed by atoms with E-state index >= 15 is 0 Å². The third-order valence-corrected chi connectivity index (χ3v) is 4.52. The molecule has 0 amide bonds. The summed E-state index contributed by atoms with van der Waals surface area (Å²) >= 11 is 5.82. The van der Waals surface area contributed by atoms with E-state index in [-0.39, 0.29) is 15.5 Å². The van der Waals surface area contributed by atoms with Gasteiger partial charge in [0.05, 0.1) is 22.6 Å². The van der Waals surface area contributed by atoms with Crippen molar-refractivity contribution < 1.29 is 27.9 Å². The van der Waals surface area contributed by atoms with Gasteiger partial charge in [-0.15, -0.1) is 0 Å². The topological polar surface area (TPSA) is 101 Å². The minimum Gasteiger partial charge on any atom is -0.480 e. The van der Waals surface area contributed by atoms with Crippen LogP contribution in [0.15, 0.2) is 23.1 Å². The standard InChI is InChI=1S/C11H12ClNO6S/c1-13(6-10(14)15)20(17,18)7-3-4-8(9(12)5-7)11(16)19-2/h3-5H,6H2,1-2H3,(H,14,15). The molecule has 20 heavy (non-hydrogen) atoms. The number of rotatable bonds is 5. The van der Waals surface area contributed by atoms with Crippen molar-refractivity contribution in [3.63, 3.8) is 0 Å². The van der Waals surface area contributed by atoms with Crippen molar-refractivity contribution in [2.75, 3.05) is 20.7 Å². The van der Waals surface area contributed by atoms with Crippen molar-refractivity contribution in [1.29, 1.82) is 0 Å². The van der Waals surface area contributed by atoms with Crippen molar-refractivity contribution in [1.82, 2.24) is 4.31 Å². The quantitative estimate of drug-likeness (QED) is 0.806. The lowest BCUT2D eigenvalue weighted by Crippen LogP contribution is -2.32. The molecule has 0 unspecified atom stereocenters. The number of carbonyl (C=O) groups excluding carboxylic acids is 1. The van der Waals surface area contributed by atoms with Crippen LogP contribution in [0.1, 0.15) is 10.4 Å². The van der Waals surface area contributed by atoms with Gasteiger partial charge in [-0.1, -0.05) is 11.6 Å². The summed E-state index contributed by atoms with van der Waals surface area (Å²) in [5.74, 6) is -1.98. The molecule has 0 saturated carbocycles. The van der Waals surface area contributed by atoms with E-state index in [4.69, 9.17) is 16.7 Å². The maximum absolute atomic E-state index is 12.1. The SMILES string of the molecule is COC(=O)c1ccc(S(=O)(=O)N(C)CC(=O)O)cc1Cl. The molecule has 0 aliphatic rings. The second-order valence-electron chi connectivity index (χ2n) is 3.79. The van der Waals surface area contributed by atoms with E-state index < -0.39 is 28.5 Å². The van der Waals surface area contributed by atoms with Gasteiger partial charge in [-0.25, -0.2) is 13.2 Å². The van der Waals surface area contributed by atoms with Gasteiger partial charge in [-0.2, -0.15) is 4.31 Å². The number of nitrogens with zero attached hydrogens (tertiary/aromatic N) is 1. The molecule has 1 aromatic rings. The molecule has 0 aliphatic heterocycles. The number of methoxy groups -OCH3 is 1. The van der Waals surface area contributed by atoms with Crippen LogP contribution in [-0.4, -0.2) is 50.5 Å². The van der Waals surface area contributed by atoms with Crippen LogP contribution in [0.25, 0.3) is 0 Å². The van der Waals surface area contributed by atoms with E-state index in [2.05, 4.69) is 4.74 Å². The molecule has 0 spiro atoms. The Labute approximate surface area is 120 Å². The molecule has 7 nitrogen and oxygen atoms in total. The highest BCUT2D eigenvalue weighted by Crippen LogP contribution is 2.23. The van der Waals surface area contributed by atoms with Crippen LogP contribution in [0.3, 0.4) is 0 Å². The molecule has 0 aliphatic carbocycles. The van der Waals surface area contributed by atoms with Gasteiger partial charge in [-0.3, -0.25) is 4.79 Å². The maximum Gasteiger partial charge on any atom is 0.339 e. The highest BCUT2D eigenvalue weighted by molar-refractivity contribution is 7.89. The molecule has 0 heterocycles. The number of benzene rings is 1. The average molecular weight is 322 g/mol. The van der Waals surface area contributed by atoms with Gasteiger partial charge in [0.15, 0.2) is 0 Å². The molecular formula is C11H12ClNO6S. The largest absolute Gasteiger partial charge is 0.480 e. The molecule has 0 bridgehead atoms. The average Bonchev–Trinajstić information content (AvgIpc) is 2.36. The van der Waals surface area contributed by atoms with Crippen LogP contribution in [0.4, 0.5) is 0 Å². The molecule has 9 heteroatoms. The highest BCUT2D eigenvalue weighted by Gasteiger charge is 2.24. The Hall–Kier alpha value is -1.64. The van der Waals surface area contributed by atoms with Crippen LogP contribution >= 0.6 is 11.6 Å². The number of carbonyl (C=O) groups is 2. The van der Waals surface area contributed by atoms with Gasteiger partial charge in [0.1, 0.15) is 6.54 Å². The molecule has 0 aromatic heterocycles. The lowest BCUT2D eigenvalue weighted by molar-refractivity contribution is -0.137. The third-order valence-electron chi connectivity index (χ3n) is 2.41. The van der Waals surface area contributed by atoms with Crippen molar-refractivity contribution in [2.24, 2.45) is 0 Å². The Morgan fingerprint density at radius 3 is 2.45 bits per heavy atom. The molecule has 1 rings (SSSR count). The summed E-state index contributed by atoms with van der Waals surface area (Å²) in [7, 11) is -1.69. The first kappa shape index (κ1) is 16.4. The number of sulfonamides is 1. The zero-order valence-corrected chi connectivity index (χ0v) is 12.2. The second-order valence-corrected chi connectivity index (χ2v) is 6.24. The first-order valence-corrected chi connectivity index (χ1v) is 7.08.